The molecule has 6 nitrogen and oxygen atoms in total. The van der Waals surface area contributed by atoms with E-state index >= 15 is 0 Å². The first-order chi connectivity index (χ1) is 10.1. The normalized spacial score (nSPS) is 13.1. The minimum Gasteiger partial charge on any atom is -0.464 e. The van der Waals surface area contributed by atoms with Gasteiger partial charge < -0.3 is 4.74 Å². The van der Waals surface area contributed by atoms with Crippen LogP contribution in [0.5, 0.6) is 0 Å². The van der Waals surface area contributed by atoms with E-state index in [-0.39, 0.29) is 12.2 Å². The van der Waals surface area contributed by atoms with E-state index in [2.05, 4.69) is 15.3 Å². The van der Waals surface area contributed by atoms with Gasteiger partial charge in [-0.15, -0.1) is 0 Å². The highest BCUT2D eigenvalue weighted by Gasteiger charge is 2.38. The minimum atomic E-state index is -1.28. The second-order valence-electron chi connectivity index (χ2n) is 4.56. The fourth-order valence-corrected chi connectivity index (χ4v) is 1.95. The highest BCUT2D eigenvalue weighted by Crippen LogP contribution is 2.25. The first kappa shape index (κ1) is 16.9. The summed E-state index contributed by atoms with van der Waals surface area (Å²) in [6, 6.07) is 6.07. The number of rotatable bonds is 8. The first-order valence-corrected chi connectivity index (χ1v) is 6.74. The van der Waals surface area contributed by atoms with Crippen LogP contribution in [0, 0.1) is 5.82 Å². The summed E-state index contributed by atoms with van der Waals surface area (Å²) >= 11 is 0. The number of azide groups is 1. The fraction of sp³-hybridized carbons (Fsp3) is 0.500. The molecule has 0 saturated carbocycles. The first-order valence-electron chi connectivity index (χ1n) is 6.74. The van der Waals surface area contributed by atoms with Gasteiger partial charge in [-0.2, -0.15) is 0 Å². The van der Waals surface area contributed by atoms with Crippen LogP contribution in [0.3, 0.4) is 0 Å². The second kappa shape index (κ2) is 8.24. The largest absolute Gasteiger partial charge is 0.464 e. The number of hydrogen-bond acceptors (Lipinski definition) is 4. The molecule has 0 heterocycles. The number of halogens is 1. The summed E-state index contributed by atoms with van der Waals surface area (Å²) < 4.78 is 19.0. The summed E-state index contributed by atoms with van der Waals surface area (Å²) in [6.45, 7) is 4.18. The van der Waals surface area contributed by atoms with Crippen LogP contribution >= 0.6 is 0 Å². The van der Waals surface area contributed by atoms with Crippen molar-refractivity contribution in [1.82, 2.24) is 5.32 Å². The van der Waals surface area contributed by atoms with Crippen molar-refractivity contribution in [2.75, 3.05) is 19.7 Å². The molecule has 0 saturated heterocycles. The number of carbonyl (C=O) groups is 1. The topological polar surface area (TPSA) is 87.1 Å². The Labute approximate surface area is 122 Å². The van der Waals surface area contributed by atoms with E-state index in [0.717, 1.165) is 0 Å². The molecule has 1 unspecified atom stereocenters. The van der Waals surface area contributed by atoms with Gasteiger partial charge in [0.05, 0.1) is 6.61 Å². The lowest BCUT2D eigenvalue weighted by atomic mass is 9.91. The molecule has 0 amide bonds. The van der Waals surface area contributed by atoms with Gasteiger partial charge in [0.2, 0.25) is 0 Å². The molecule has 1 aromatic rings. The molecule has 1 aromatic carbocycles. The SMILES string of the molecule is CCOC(=O)C(C)(NCCCN=[N+]=[N-])c1ccccc1F. The maximum absolute atomic E-state index is 14.0. The number of benzene rings is 1. The van der Waals surface area contributed by atoms with Crippen molar-refractivity contribution < 1.29 is 13.9 Å². The Balaban J connectivity index is 2.92. The van der Waals surface area contributed by atoms with Crippen LogP contribution in [0.1, 0.15) is 25.8 Å². The molecule has 21 heavy (non-hydrogen) atoms. The molecule has 1 N–H and O–H groups in total. The van der Waals surface area contributed by atoms with E-state index in [1.54, 1.807) is 32.0 Å². The lowest BCUT2D eigenvalue weighted by Crippen LogP contribution is -2.48. The average Bonchev–Trinajstić information content (AvgIpc) is 2.47. The Hall–Kier alpha value is -2.11. The van der Waals surface area contributed by atoms with Crippen molar-refractivity contribution in [1.29, 1.82) is 0 Å². The van der Waals surface area contributed by atoms with Gasteiger partial charge in [-0.25, -0.2) is 9.18 Å². The van der Waals surface area contributed by atoms with Gasteiger partial charge in [-0.05, 0) is 38.4 Å². The van der Waals surface area contributed by atoms with Crippen LogP contribution in [0.15, 0.2) is 29.4 Å². The standard InChI is InChI=1S/C14H19FN4O2/c1-3-21-13(20)14(2,17-9-6-10-18-19-16)11-7-4-5-8-12(11)15/h4-5,7-8,17H,3,6,9-10H2,1-2H3. The third-order valence-electron chi connectivity index (χ3n) is 3.07. The molecule has 7 heteroatoms. The van der Waals surface area contributed by atoms with Gasteiger partial charge in [-0.1, -0.05) is 23.3 Å². The summed E-state index contributed by atoms with van der Waals surface area (Å²) in [6.07, 6.45) is 0.535. The quantitative estimate of drug-likeness (QED) is 0.263. The van der Waals surface area contributed by atoms with Crippen LogP contribution in [-0.4, -0.2) is 25.7 Å². The smallest absolute Gasteiger partial charge is 0.330 e. The van der Waals surface area contributed by atoms with Crippen molar-refractivity contribution in [3.8, 4) is 0 Å². The Bertz CT molecular complexity index is 531. The summed E-state index contributed by atoms with van der Waals surface area (Å²) in [7, 11) is 0. The Morgan fingerprint density at radius 3 is 2.86 bits per heavy atom. The lowest BCUT2D eigenvalue weighted by molar-refractivity contribution is -0.151. The number of esters is 1. The Kier molecular flexibility index (Phi) is 6.65. The molecule has 0 aliphatic carbocycles. The zero-order valence-electron chi connectivity index (χ0n) is 12.2. The number of carbonyl (C=O) groups excluding carboxylic acids is 1. The maximum atomic E-state index is 14.0. The van der Waals surface area contributed by atoms with Gasteiger partial charge in [0.1, 0.15) is 11.4 Å². The van der Waals surface area contributed by atoms with Crippen LogP contribution in [0.2, 0.25) is 0 Å². The molecule has 0 aliphatic heterocycles. The molecular formula is C14H19FN4O2. The molecule has 0 bridgehead atoms. The predicted octanol–water partition coefficient (Wildman–Crippen LogP) is 2.89. The summed E-state index contributed by atoms with van der Waals surface area (Å²) in [5, 5.41) is 6.41. The van der Waals surface area contributed by atoms with Crippen LogP contribution in [-0.2, 0) is 15.1 Å². The monoisotopic (exact) mass is 294 g/mol. The highest BCUT2D eigenvalue weighted by atomic mass is 19.1. The molecule has 0 radical (unpaired) electrons. The van der Waals surface area contributed by atoms with E-state index in [9.17, 15) is 9.18 Å². The molecule has 0 spiro atoms. The van der Waals surface area contributed by atoms with Crippen LogP contribution in [0.25, 0.3) is 10.4 Å². The van der Waals surface area contributed by atoms with Crippen molar-refractivity contribution in [3.05, 3.63) is 46.1 Å². The predicted molar refractivity (Wildman–Crippen MR) is 77.0 cm³/mol. The number of ether oxygens (including phenoxy) is 1. The number of nitrogens with one attached hydrogen (secondary N) is 1. The number of nitrogens with zero attached hydrogens (tertiary/aromatic N) is 3. The highest BCUT2D eigenvalue weighted by molar-refractivity contribution is 5.82. The Morgan fingerprint density at radius 1 is 1.52 bits per heavy atom. The van der Waals surface area contributed by atoms with Crippen molar-refractivity contribution >= 4 is 5.97 Å². The van der Waals surface area contributed by atoms with Crippen molar-refractivity contribution in [2.24, 2.45) is 5.11 Å². The molecule has 0 aliphatic rings. The summed E-state index contributed by atoms with van der Waals surface area (Å²) in [5.41, 5.74) is 7.16. The fourth-order valence-electron chi connectivity index (χ4n) is 1.95. The van der Waals surface area contributed by atoms with Gasteiger partial charge in [0.15, 0.2) is 0 Å². The van der Waals surface area contributed by atoms with Gasteiger partial charge in [-0.3, -0.25) is 5.32 Å². The van der Waals surface area contributed by atoms with Gasteiger partial charge in [0, 0.05) is 17.0 Å². The zero-order valence-corrected chi connectivity index (χ0v) is 12.2. The maximum Gasteiger partial charge on any atom is 0.330 e. The lowest BCUT2D eigenvalue weighted by Gasteiger charge is -2.29. The van der Waals surface area contributed by atoms with Crippen LogP contribution < -0.4 is 5.32 Å². The Morgan fingerprint density at radius 2 is 2.24 bits per heavy atom. The van der Waals surface area contributed by atoms with E-state index in [0.29, 0.717) is 19.5 Å². The minimum absolute atomic E-state index is 0.212. The molecule has 114 valence electrons. The van der Waals surface area contributed by atoms with E-state index in [4.69, 9.17) is 10.3 Å². The van der Waals surface area contributed by atoms with Crippen LogP contribution in [0.4, 0.5) is 4.39 Å². The van der Waals surface area contributed by atoms with Crippen molar-refractivity contribution in [3.63, 3.8) is 0 Å². The molecule has 0 aromatic heterocycles. The molecule has 1 rings (SSSR count). The molecular weight excluding hydrogens is 275 g/mol. The summed E-state index contributed by atoms with van der Waals surface area (Å²) in [4.78, 5) is 14.9. The number of hydrogen-bond donors (Lipinski definition) is 1. The van der Waals surface area contributed by atoms with Gasteiger partial charge >= 0.3 is 5.97 Å². The van der Waals surface area contributed by atoms with E-state index in [1.807, 2.05) is 0 Å². The van der Waals surface area contributed by atoms with E-state index < -0.39 is 17.3 Å². The summed E-state index contributed by atoms with van der Waals surface area (Å²) in [5.74, 6) is -1.02. The third kappa shape index (κ3) is 4.44. The van der Waals surface area contributed by atoms with Gasteiger partial charge in [0.25, 0.3) is 0 Å². The second-order valence-corrected chi connectivity index (χ2v) is 4.56. The average molecular weight is 294 g/mol. The third-order valence-corrected chi connectivity index (χ3v) is 3.07. The van der Waals surface area contributed by atoms with Crippen molar-refractivity contribution in [2.45, 2.75) is 25.8 Å². The van der Waals surface area contributed by atoms with E-state index in [1.165, 1.54) is 6.07 Å². The molecule has 0 fully saturated rings. The zero-order chi connectivity index (χ0) is 15.7. The molecule has 1 atom stereocenters.